The minimum absolute atomic E-state index is 0.232. The minimum atomic E-state index is -0.232. The summed E-state index contributed by atoms with van der Waals surface area (Å²) in [4.78, 5) is 1.47. The number of hydrogen-bond acceptors (Lipinski definition) is 6. The van der Waals surface area contributed by atoms with Gasteiger partial charge in [0, 0.05) is 7.05 Å². The summed E-state index contributed by atoms with van der Waals surface area (Å²) in [5.41, 5.74) is 4.50. The summed E-state index contributed by atoms with van der Waals surface area (Å²) in [5.74, 6) is 0. The van der Waals surface area contributed by atoms with E-state index in [4.69, 9.17) is 10.5 Å². The van der Waals surface area contributed by atoms with Crippen molar-refractivity contribution < 1.29 is 0 Å². The molecule has 82 valence electrons. The highest BCUT2D eigenvalue weighted by Gasteiger charge is 2.01. The summed E-state index contributed by atoms with van der Waals surface area (Å²) in [7, 11) is 1.73. The van der Waals surface area contributed by atoms with Crippen LogP contribution in [0.2, 0.25) is 0 Å². The van der Waals surface area contributed by atoms with Crippen molar-refractivity contribution in [2.24, 2.45) is 12.1 Å². The van der Waals surface area contributed by atoms with Crippen LogP contribution in [0.3, 0.4) is 0 Å². The van der Waals surface area contributed by atoms with Crippen LogP contribution < -0.4 is 5.43 Å². The van der Waals surface area contributed by atoms with Crippen LogP contribution in [0.15, 0.2) is 23.3 Å². The number of aromatic nitrogens is 3. The van der Waals surface area contributed by atoms with Crippen LogP contribution in [-0.4, -0.2) is 20.7 Å². The van der Waals surface area contributed by atoms with Crippen LogP contribution >= 0.6 is 0 Å². The van der Waals surface area contributed by atoms with Crippen molar-refractivity contribution in [1.82, 2.24) is 15.0 Å². The van der Waals surface area contributed by atoms with Crippen LogP contribution in [-0.2, 0) is 7.05 Å². The summed E-state index contributed by atoms with van der Waals surface area (Å²) in [6.45, 7) is 0. The van der Waals surface area contributed by atoms with Crippen molar-refractivity contribution in [1.29, 1.82) is 10.5 Å². The summed E-state index contributed by atoms with van der Waals surface area (Å²) in [6.07, 6.45) is 0. The quantitative estimate of drug-likeness (QED) is 0.601. The van der Waals surface area contributed by atoms with Crippen molar-refractivity contribution in [3.63, 3.8) is 0 Å². The number of rotatable bonds is 2. The summed E-state index contributed by atoms with van der Waals surface area (Å²) in [6, 6.07) is 8.57. The van der Waals surface area contributed by atoms with Gasteiger partial charge >= 0.3 is 0 Å². The van der Waals surface area contributed by atoms with Crippen molar-refractivity contribution in [2.75, 3.05) is 5.43 Å². The van der Waals surface area contributed by atoms with E-state index in [0.29, 0.717) is 11.2 Å². The maximum absolute atomic E-state index is 8.51. The molecule has 0 atom stereocenters. The molecule has 0 aliphatic heterocycles. The fourth-order valence-electron chi connectivity index (χ4n) is 1.29. The number of nitrogens with one attached hydrogen (secondary N) is 1. The standard InChI is InChI=1S/C10H7N7/c1-17-15-9-3-2-7(4-10(9)16-17)13-14-8(5-11)6-12/h2-4,13H,1H3. The van der Waals surface area contributed by atoms with E-state index in [-0.39, 0.29) is 5.71 Å². The number of aryl methyl sites for hydroxylation is 1. The molecule has 0 amide bonds. The fourth-order valence-corrected chi connectivity index (χ4v) is 1.29. The van der Waals surface area contributed by atoms with Crippen molar-refractivity contribution in [3.8, 4) is 12.1 Å². The molecule has 0 saturated heterocycles. The molecule has 1 aromatic carbocycles. The first-order valence-electron chi connectivity index (χ1n) is 4.68. The van der Waals surface area contributed by atoms with Gasteiger partial charge in [-0.3, -0.25) is 5.43 Å². The Kier molecular flexibility index (Phi) is 2.67. The Morgan fingerprint density at radius 2 is 2.00 bits per heavy atom. The molecule has 0 radical (unpaired) electrons. The number of benzene rings is 1. The second-order valence-corrected chi connectivity index (χ2v) is 3.19. The van der Waals surface area contributed by atoms with Gasteiger partial charge in [0.1, 0.15) is 23.2 Å². The summed E-state index contributed by atoms with van der Waals surface area (Å²) < 4.78 is 0. The summed E-state index contributed by atoms with van der Waals surface area (Å²) in [5, 5.41) is 28.9. The van der Waals surface area contributed by atoms with Crippen LogP contribution in [0.25, 0.3) is 11.0 Å². The van der Waals surface area contributed by atoms with Gasteiger partial charge in [-0.05, 0) is 18.2 Å². The lowest BCUT2D eigenvalue weighted by Crippen LogP contribution is -1.96. The molecule has 1 heterocycles. The van der Waals surface area contributed by atoms with Gasteiger partial charge in [-0.15, -0.1) is 0 Å². The van der Waals surface area contributed by atoms with Gasteiger partial charge in [0.25, 0.3) is 0 Å². The number of anilines is 1. The Morgan fingerprint density at radius 1 is 1.29 bits per heavy atom. The number of hydrazone groups is 1. The Hall–Kier alpha value is -2.93. The van der Waals surface area contributed by atoms with Gasteiger partial charge in [-0.25, -0.2) is 0 Å². The van der Waals surface area contributed by atoms with E-state index in [0.717, 1.165) is 5.52 Å². The first-order chi connectivity index (χ1) is 8.22. The first-order valence-corrected chi connectivity index (χ1v) is 4.68. The molecule has 17 heavy (non-hydrogen) atoms. The molecule has 2 rings (SSSR count). The third-order valence-corrected chi connectivity index (χ3v) is 1.99. The van der Waals surface area contributed by atoms with Crippen molar-refractivity contribution in [3.05, 3.63) is 18.2 Å². The molecule has 0 aliphatic carbocycles. The molecule has 2 aromatic rings. The summed E-state index contributed by atoms with van der Waals surface area (Å²) >= 11 is 0. The predicted molar refractivity (Wildman–Crippen MR) is 60.8 cm³/mol. The molecule has 0 fully saturated rings. The van der Waals surface area contributed by atoms with Gasteiger partial charge in [0.2, 0.25) is 5.71 Å². The van der Waals surface area contributed by atoms with Gasteiger partial charge in [0.15, 0.2) is 0 Å². The zero-order valence-electron chi connectivity index (χ0n) is 8.92. The molecular weight excluding hydrogens is 218 g/mol. The van der Waals surface area contributed by atoms with Gasteiger partial charge in [-0.2, -0.15) is 30.6 Å². The minimum Gasteiger partial charge on any atom is -0.276 e. The normalized spacial score (nSPS) is 9.35. The Morgan fingerprint density at radius 3 is 2.71 bits per heavy atom. The number of fused-ring (bicyclic) bond motifs is 1. The second kappa shape index (κ2) is 4.29. The number of nitriles is 2. The molecule has 1 aromatic heterocycles. The van der Waals surface area contributed by atoms with E-state index in [1.165, 1.54) is 4.80 Å². The largest absolute Gasteiger partial charge is 0.276 e. The highest BCUT2D eigenvalue weighted by Crippen LogP contribution is 2.15. The lowest BCUT2D eigenvalue weighted by Gasteiger charge is -1.97. The zero-order valence-corrected chi connectivity index (χ0v) is 8.92. The molecule has 1 N–H and O–H groups in total. The Bertz CT molecular complexity index is 652. The zero-order chi connectivity index (χ0) is 12.3. The molecule has 7 heteroatoms. The third kappa shape index (κ3) is 2.19. The van der Waals surface area contributed by atoms with E-state index >= 15 is 0 Å². The molecule has 0 saturated carbocycles. The van der Waals surface area contributed by atoms with E-state index in [1.807, 2.05) is 0 Å². The van der Waals surface area contributed by atoms with Crippen LogP contribution in [0.5, 0.6) is 0 Å². The lowest BCUT2D eigenvalue weighted by molar-refractivity contribution is 0.665. The van der Waals surface area contributed by atoms with Gasteiger partial charge < -0.3 is 0 Å². The molecule has 0 bridgehead atoms. The van der Waals surface area contributed by atoms with Crippen LogP contribution in [0.4, 0.5) is 5.69 Å². The molecule has 0 unspecified atom stereocenters. The lowest BCUT2D eigenvalue weighted by atomic mass is 10.3. The van der Waals surface area contributed by atoms with Gasteiger partial charge in [0.05, 0.1) is 5.69 Å². The average Bonchev–Trinajstić information content (AvgIpc) is 2.69. The highest BCUT2D eigenvalue weighted by atomic mass is 15.4. The third-order valence-electron chi connectivity index (χ3n) is 1.99. The predicted octanol–water partition coefficient (Wildman–Crippen LogP) is 0.783. The van der Waals surface area contributed by atoms with E-state index in [9.17, 15) is 0 Å². The molecule has 7 nitrogen and oxygen atoms in total. The van der Waals surface area contributed by atoms with Gasteiger partial charge in [-0.1, -0.05) is 0 Å². The Labute approximate surface area is 96.6 Å². The molecular formula is C10H7N7. The Balaban J connectivity index is 2.29. The SMILES string of the molecule is Cn1nc2ccc(NN=C(C#N)C#N)cc2n1. The molecule has 0 spiro atoms. The first kappa shape index (κ1) is 10.6. The van der Waals surface area contributed by atoms with Crippen molar-refractivity contribution in [2.45, 2.75) is 0 Å². The average molecular weight is 225 g/mol. The van der Waals surface area contributed by atoms with Crippen LogP contribution in [0, 0.1) is 22.7 Å². The number of nitrogens with zero attached hydrogens (tertiary/aromatic N) is 6. The fraction of sp³-hybridized carbons (Fsp3) is 0.100. The highest BCUT2D eigenvalue weighted by molar-refractivity contribution is 6.10. The van der Waals surface area contributed by atoms with Crippen molar-refractivity contribution >= 4 is 22.4 Å². The topological polar surface area (TPSA) is 103 Å². The smallest absolute Gasteiger partial charge is 0.237 e. The molecule has 0 aliphatic rings. The maximum Gasteiger partial charge on any atom is 0.237 e. The van der Waals surface area contributed by atoms with E-state index in [1.54, 1.807) is 37.4 Å². The second-order valence-electron chi connectivity index (χ2n) is 3.19. The van der Waals surface area contributed by atoms with E-state index in [2.05, 4.69) is 20.7 Å². The monoisotopic (exact) mass is 225 g/mol. The number of hydrogen-bond donors (Lipinski definition) is 1. The maximum atomic E-state index is 8.51. The van der Waals surface area contributed by atoms with E-state index < -0.39 is 0 Å². The van der Waals surface area contributed by atoms with Crippen LogP contribution in [0.1, 0.15) is 0 Å².